The number of rotatable bonds is 6. The van der Waals surface area contributed by atoms with Crippen LogP contribution in [0.1, 0.15) is 13.3 Å². The summed E-state index contributed by atoms with van der Waals surface area (Å²) in [5.41, 5.74) is 0. The molecule has 6 nitrogen and oxygen atoms in total. The topological polar surface area (TPSA) is 98.7 Å². The number of carbonyl (C=O) groups is 2. The third-order valence-electron chi connectivity index (χ3n) is 1.67. The van der Waals surface area contributed by atoms with E-state index in [0.29, 0.717) is 13.0 Å². The maximum Gasteiger partial charge on any atom is 0.328 e. The minimum Gasteiger partial charge on any atom is -0.480 e. The second-order valence-electron chi connectivity index (χ2n) is 3.03. The van der Waals surface area contributed by atoms with Crippen LogP contribution in [0.25, 0.3) is 0 Å². The standard InChI is InChI=1S/C9H16N2O4/c1-3-4-5-10-9(15)11-7(6(2)12)8(13)14/h3,6-7,12H,1,4-5H2,2H3,(H,13,14)(H2,10,11,15)/t6-,7+/m1/s1. The zero-order chi connectivity index (χ0) is 11.8. The van der Waals surface area contributed by atoms with Crippen molar-refractivity contribution in [2.75, 3.05) is 6.54 Å². The van der Waals surface area contributed by atoms with Gasteiger partial charge < -0.3 is 20.8 Å². The highest BCUT2D eigenvalue weighted by Crippen LogP contribution is 1.92. The summed E-state index contributed by atoms with van der Waals surface area (Å²) in [5.74, 6) is -1.27. The van der Waals surface area contributed by atoms with Crippen LogP contribution in [-0.2, 0) is 4.79 Å². The number of aliphatic carboxylic acids is 1. The minimum absolute atomic E-state index is 0.376. The fraction of sp³-hybridized carbons (Fsp3) is 0.556. The van der Waals surface area contributed by atoms with Gasteiger partial charge in [0.15, 0.2) is 6.04 Å². The Hall–Kier alpha value is -1.56. The van der Waals surface area contributed by atoms with Crippen LogP contribution >= 0.6 is 0 Å². The highest BCUT2D eigenvalue weighted by molar-refractivity contribution is 5.82. The molecule has 4 N–H and O–H groups in total. The Morgan fingerprint density at radius 1 is 1.53 bits per heavy atom. The lowest BCUT2D eigenvalue weighted by Crippen LogP contribution is -2.51. The Bertz CT molecular complexity index is 240. The average molecular weight is 216 g/mol. The number of carboxylic acids is 1. The lowest BCUT2D eigenvalue weighted by atomic mass is 10.2. The average Bonchev–Trinajstić information content (AvgIpc) is 2.13. The number of nitrogens with one attached hydrogen (secondary N) is 2. The molecule has 0 heterocycles. The number of carboxylic acid groups (broad SMARTS) is 1. The molecule has 0 rings (SSSR count). The summed E-state index contributed by atoms with van der Waals surface area (Å²) in [6, 6.07) is -1.92. The van der Waals surface area contributed by atoms with Crippen LogP contribution in [0.2, 0.25) is 0 Å². The van der Waals surface area contributed by atoms with E-state index in [4.69, 9.17) is 10.2 Å². The van der Waals surface area contributed by atoms with Crippen LogP contribution in [0.4, 0.5) is 4.79 Å². The molecule has 15 heavy (non-hydrogen) atoms. The van der Waals surface area contributed by atoms with Gasteiger partial charge in [0.25, 0.3) is 0 Å². The molecule has 6 heteroatoms. The van der Waals surface area contributed by atoms with Gasteiger partial charge in [-0.05, 0) is 13.3 Å². The Morgan fingerprint density at radius 2 is 2.13 bits per heavy atom. The van der Waals surface area contributed by atoms with Crippen molar-refractivity contribution in [1.82, 2.24) is 10.6 Å². The minimum atomic E-state index is -1.30. The van der Waals surface area contributed by atoms with Crippen molar-refractivity contribution in [3.8, 4) is 0 Å². The van der Waals surface area contributed by atoms with E-state index in [-0.39, 0.29) is 0 Å². The zero-order valence-corrected chi connectivity index (χ0v) is 8.56. The molecule has 0 aliphatic carbocycles. The van der Waals surface area contributed by atoms with Crippen molar-refractivity contribution in [3.05, 3.63) is 12.7 Å². The normalized spacial score (nSPS) is 13.7. The molecule has 0 radical (unpaired) electrons. The second-order valence-corrected chi connectivity index (χ2v) is 3.03. The van der Waals surface area contributed by atoms with Crippen LogP contribution < -0.4 is 10.6 Å². The quantitative estimate of drug-likeness (QED) is 0.362. The molecule has 0 aromatic carbocycles. The van der Waals surface area contributed by atoms with Crippen molar-refractivity contribution < 1.29 is 19.8 Å². The van der Waals surface area contributed by atoms with Gasteiger partial charge in [-0.15, -0.1) is 6.58 Å². The van der Waals surface area contributed by atoms with Gasteiger partial charge in [0.1, 0.15) is 0 Å². The van der Waals surface area contributed by atoms with E-state index >= 15 is 0 Å². The molecule has 0 aliphatic rings. The number of aliphatic hydroxyl groups is 1. The smallest absolute Gasteiger partial charge is 0.328 e. The molecule has 2 amide bonds. The van der Waals surface area contributed by atoms with Gasteiger partial charge in [-0.25, -0.2) is 9.59 Å². The van der Waals surface area contributed by atoms with Crippen molar-refractivity contribution in [2.45, 2.75) is 25.5 Å². The molecule has 0 saturated heterocycles. The van der Waals surface area contributed by atoms with E-state index in [1.807, 2.05) is 0 Å². The Kier molecular flexibility index (Phi) is 6.12. The van der Waals surface area contributed by atoms with Crippen molar-refractivity contribution in [3.63, 3.8) is 0 Å². The first-order chi connectivity index (χ1) is 6.99. The predicted octanol–water partition coefficient (Wildman–Crippen LogP) is -0.304. The number of carbonyl (C=O) groups excluding carboxylic acids is 1. The summed E-state index contributed by atoms with van der Waals surface area (Å²) in [7, 11) is 0. The van der Waals surface area contributed by atoms with E-state index < -0.39 is 24.1 Å². The lowest BCUT2D eigenvalue weighted by molar-refractivity contribution is -0.141. The molecule has 2 atom stereocenters. The summed E-state index contributed by atoms with van der Waals surface area (Å²) >= 11 is 0. The largest absolute Gasteiger partial charge is 0.480 e. The van der Waals surface area contributed by atoms with Crippen LogP contribution in [0.15, 0.2) is 12.7 Å². The molecular weight excluding hydrogens is 200 g/mol. The first kappa shape index (κ1) is 13.4. The molecule has 0 spiro atoms. The van der Waals surface area contributed by atoms with Gasteiger partial charge in [0.05, 0.1) is 6.10 Å². The molecule has 0 fully saturated rings. The SMILES string of the molecule is C=CCCNC(=O)N[C@H](C(=O)O)[C@@H](C)O. The van der Waals surface area contributed by atoms with Crippen molar-refractivity contribution >= 4 is 12.0 Å². The van der Waals surface area contributed by atoms with Crippen molar-refractivity contribution in [2.24, 2.45) is 0 Å². The third-order valence-corrected chi connectivity index (χ3v) is 1.67. The van der Waals surface area contributed by atoms with Gasteiger partial charge in [0, 0.05) is 6.54 Å². The molecule has 0 aromatic heterocycles. The number of urea groups is 1. The summed E-state index contributed by atoms with van der Waals surface area (Å²) in [4.78, 5) is 21.7. The van der Waals surface area contributed by atoms with Gasteiger partial charge >= 0.3 is 12.0 Å². The maximum absolute atomic E-state index is 11.1. The monoisotopic (exact) mass is 216 g/mol. The molecule has 0 unspecified atom stereocenters. The maximum atomic E-state index is 11.1. The number of amides is 2. The molecule has 0 aromatic rings. The van der Waals surface area contributed by atoms with Gasteiger partial charge in [-0.1, -0.05) is 6.08 Å². The van der Waals surface area contributed by atoms with E-state index in [1.54, 1.807) is 6.08 Å². The van der Waals surface area contributed by atoms with Gasteiger partial charge in [0.2, 0.25) is 0 Å². The third kappa shape index (κ3) is 5.69. The molecule has 0 saturated carbocycles. The van der Waals surface area contributed by atoms with Crippen LogP contribution in [0.3, 0.4) is 0 Å². The number of aliphatic hydroxyl groups excluding tert-OH is 1. The first-order valence-electron chi connectivity index (χ1n) is 4.55. The number of hydrogen-bond donors (Lipinski definition) is 4. The summed E-state index contributed by atoms with van der Waals surface area (Å²) < 4.78 is 0. The van der Waals surface area contributed by atoms with E-state index in [2.05, 4.69) is 17.2 Å². The lowest BCUT2D eigenvalue weighted by Gasteiger charge is -2.17. The Morgan fingerprint density at radius 3 is 2.53 bits per heavy atom. The van der Waals surface area contributed by atoms with Crippen molar-refractivity contribution in [1.29, 1.82) is 0 Å². The molecular formula is C9H16N2O4. The van der Waals surface area contributed by atoms with Crippen LogP contribution in [0, 0.1) is 0 Å². The zero-order valence-electron chi connectivity index (χ0n) is 8.56. The molecule has 0 aliphatic heterocycles. The summed E-state index contributed by atoms with van der Waals surface area (Å²) in [6.07, 6.45) is 1.08. The fourth-order valence-electron chi connectivity index (χ4n) is 0.869. The number of hydrogen-bond acceptors (Lipinski definition) is 3. The predicted molar refractivity (Wildman–Crippen MR) is 54.5 cm³/mol. The Labute approximate surface area is 88.0 Å². The van der Waals surface area contributed by atoms with E-state index in [9.17, 15) is 9.59 Å². The highest BCUT2D eigenvalue weighted by atomic mass is 16.4. The summed E-state index contributed by atoms with van der Waals surface area (Å²) in [5, 5.41) is 22.3. The molecule has 86 valence electrons. The second kappa shape index (κ2) is 6.83. The van der Waals surface area contributed by atoms with Gasteiger partial charge in [-0.3, -0.25) is 0 Å². The fourth-order valence-corrected chi connectivity index (χ4v) is 0.869. The first-order valence-corrected chi connectivity index (χ1v) is 4.55. The highest BCUT2D eigenvalue weighted by Gasteiger charge is 2.24. The van der Waals surface area contributed by atoms with Gasteiger partial charge in [-0.2, -0.15) is 0 Å². The van der Waals surface area contributed by atoms with E-state index in [0.717, 1.165) is 0 Å². The van der Waals surface area contributed by atoms with E-state index in [1.165, 1.54) is 6.92 Å². The van der Waals surface area contributed by atoms with Crippen LogP contribution in [0.5, 0.6) is 0 Å². The summed E-state index contributed by atoms with van der Waals surface area (Å²) in [6.45, 7) is 5.14. The Balaban J connectivity index is 4.00. The van der Waals surface area contributed by atoms with Crippen LogP contribution in [-0.4, -0.2) is 40.9 Å². The molecule has 0 bridgehead atoms.